The maximum Gasteiger partial charge on any atom is 0.250 e. The molecule has 1 amide bonds. The van der Waals surface area contributed by atoms with E-state index in [0.717, 1.165) is 36.4 Å². The lowest BCUT2D eigenvalue weighted by molar-refractivity contribution is -0.115. The second kappa shape index (κ2) is 10.6. The topological polar surface area (TPSA) is 68.8 Å². The number of carbonyl (C=O) groups is 1. The van der Waals surface area contributed by atoms with Gasteiger partial charge in [0.1, 0.15) is 18.1 Å². The third-order valence-electron chi connectivity index (χ3n) is 4.34. The monoisotopic (exact) mass is 412 g/mol. The molecule has 0 spiro atoms. The van der Waals surface area contributed by atoms with E-state index < -0.39 is 0 Å². The lowest BCUT2D eigenvalue weighted by Gasteiger charge is -2.13. The van der Waals surface area contributed by atoms with Gasteiger partial charge < -0.3 is 19.5 Å². The quantitative estimate of drug-likeness (QED) is 0.533. The van der Waals surface area contributed by atoms with Gasteiger partial charge in [-0.25, -0.2) is 0 Å². The summed E-state index contributed by atoms with van der Waals surface area (Å²) in [5.74, 6) is 1.08. The van der Waals surface area contributed by atoms with Crippen molar-refractivity contribution in [2.75, 3.05) is 25.6 Å². The number of hydrogen-bond acceptors (Lipinski definition) is 5. The van der Waals surface area contributed by atoms with E-state index >= 15 is 0 Å². The van der Waals surface area contributed by atoms with Crippen molar-refractivity contribution in [1.82, 2.24) is 5.32 Å². The van der Waals surface area contributed by atoms with E-state index in [9.17, 15) is 4.79 Å². The van der Waals surface area contributed by atoms with Crippen molar-refractivity contribution in [1.29, 1.82) is 0 Å². The normalized spacial score (nSPS) is 15.8. The average Bonchev–Trinajstić information content (AvgIpc) is 3.25. The number of carbonyl (C=O) groups excluding carboxylic acids is 1. The smallest absolute Gasteiger partial charge is 0.250 e. The Morgan fingerprint density at radius 2 is 2.14 bits per heavy atom. The minimum Gasteiger partial charge on any atom is -0.496 e. The van der Waals surface area contributed by atoms with Gasteiger partial charge in [0.05, 0.1) is 13.2 Å². The molecule has 1 atom stereocenters. The summed E-state index contributed by atoms with van der Waals surface area (Å²) >= 11 is 5.22. The van der Waals surface area contributed by atoms with E-state index in [4.69, 9.17) is 26.4 Å². The fourth-order valence-corrected chi connectivity index (χ4v) is 3.13. The number of methoxy groups -OCH3 is 1. The Balaban J connectivity index is 1.50. The first-order valence-corrected chi connectivity index (χ1v) is 9.82. The average molecular weight is 413 g/mol. The SMILES string of the molecule is COc1ccccc1/C=C/C(=O)NC(=S)Nc1cccc(OCC2CCCO2)c1. The summed E-state index contributed by atoms with van der Waals surface area (Å²) in [6.07, 6.45) is 5.34. The Bertz CT molecular complexity index is 879. The number of hydrogen-bond donors (Lipinski definition) is 2. The molecular weight excluding hydrogens is 388 g/mol. The number of amides is 1. The first-order chi connectivity index (χ1) is 14.1. The minimum atomic E-state index is -0.334. The van der Waals surface area contributed by atoms with Crippen LogP contribution in [0.3, 0.4) is 0 Å². The van der Waals surface area contributed by atoms with Gasteiger partial charge in [0.25, 0.3) is 0 Å². The Labute approximate surface area is 175 Å². The van der Waals surface area contributed by atoms with Crippen LogP contribution in [0.1, 0.15) is 18.4 Å². The minimum absolute atomic E-state index is 0.155. The molecule has 6 nitrogen and oxygen atoms in total. The molecule has 1 aliphatic rings. The van der Waals surface area contributed by atoms with Gasteiger partial charge in [0, 0.05) is 30.0 Å². The molecule has 7 heteroatoms. The summed E-state index contributed by atoms with van der Waals surface area (Å²) < 4.78 is 16.6. The summed E-state index contributed by atoms with van der Waals surface area (Å²) in [7, 11) is 1.59. The third kappa shape index (κ3) is 6.58. The third-order valence-corrected chi connectivity index (χ3v) is 4.55. The van der Waals surface area contributed by atoms with Gasteiger partial charge in [-0.05, 0) is 49.3 Å². The van der Waals surface area contributed by atoms with E-state index in [1.807, 2.05) is 48.5 Å². The number of para-hydroxylation sites is 1. The first kappa shape index (κ1) is 20.8. The van der Waals surface area contributed by atoms with Crippen LogP contribution in [0.2, 0.25) is 0 Å². The Kier molecular flexibility index (Phi) is 7.61. The van der Waals surface area contributed by atoms with Crippen LogP contribution in [0.15, 0.2) is 54.6 Å². The molecule has 0 saturated carbocycles. The highest BCUT2D eigenvalue weighted by Gasteiger charge is 2.16. The lowest BCUT2D eigenvalue weighted by atomic mass is 10.2. The van der Waals surface area contributed by atoms with E-state index in [2.05, 4.69) is 10.6 Å². The Hall–Kier alpha value is -2.90. The molecular formula is C22H24N2O4S. The number of benzene rings is 2. The van der Waals surface area contributed by atoms with Gasteiger partial charge in [-0.2, -0.15) is 0 Å². The summed E-state index contributed by atoms with van der Waals surface area (Å²) in [4.78, 5) is 12.1. The van der Waals surface area contributed by atoms with Crippen molar-refractivity contribution >= 4 is 35.0 Å². The predicted molar refractivity (Wildman–Crippen MR) is 117 cm³/mol. The molecule has 1 aliphatic heterocycles. The van der Waals surface area contributed by atoms with Crippen molar-refractivity contribution in [3.05, 3.63) is 60.2 Å². The van der Waals surface area contributed by atoms with Crippen molar-refractivity contribution in [2.45, 2.75) is 18.9 Å². The van der Waals surface area contributed by atoms with Gasteiger partial charge in [-0.15, -0.1) is 0 Å². The molecule has 0 radical (unpaired) electrons. The largest absolute Gasteiger partial charge is 0.496 e. The predicted octanol–water partition coefficient (Wildman–Crippen LogP) is 3.78. The van der Waals surface area contributed by atoms with Gasteiger partial charge in [-0.1, -0.05) is 24.3 Å². The standard InChI is InChI=1S/C22H24N2O4S/c1-26-20-10-3-2-6-16(20)11-12-21(25)24-22(29)23-17-7-4-8-18(14-17)28-15-19-9-5-13-27-19/h2-4,6-8,10-12,14,19H,5,9,13,15H2,1H3,(H2,23,24,25,29)/b12-11+. The maximum atomic E-state index is 12.1. The molecule has 0 aliphatic carbocycles. The van der Waals surface area contributed by atoms with Crippen LogP contribution in [-0.4, -0.2) is 37.4 Å². The number of rotatable bonds is 7. The highest BCUT2D eigenvalue weighted by atomic mass is 32.1. The van der Waals surface area contributed by atoms with Crippen molar-refractivity contribution in [3.63, 3.8) is 0 Å². The van der Waals surface area contributed by atoms with Crippen LogP contribution in [-0.2, 0) is 9.53 Å². The molecule has 1 heterocycles. The van der Waals surface area contributed by atoms with E-state index in [1.54, 1.807) is 13.2 Å². The molecule has 0 aromatic heterocycles. The molecule has 2 aromatic rings. The zero-order valence-corrected chi connectivity index (χ0v) is 17.0. The molecule has 0 bridgehead atoms. The zero-order valence-electron chi connectivity index (χ0n) is 16.2. The Morgan fingerprint density at radius 3 is 2.93 bits per heavy atom. The van der Waals surface area contributed by atoms with Gasteiger partial charge in [0.2, 0.25) is 5.91 Å². The molecule has 1 unspecified atom stereocenters. The molecule has 1 saturated heterocycles. The molecule has 2 N–H and O–H groups in total. The van der Waals surface area contributed by atoms with E-state index in [0.29, 0.717) is 12.4 Å². The van der Waals surface area contributed by atoms with Crippen molar-refractivity contribution in [2.24, 2.45) is 0 Å². The molecule has 152 valence electrons. The van der Waals surface area contributed by atoms with Crippen molar-refractivity contribution in [3.8, 4) is 11.5 Å². The fraction of sp³-hybridized carbons (Fsp3) is 0.273. The number of thiocarbonyl (C=S) groups is 1. The van der Waals surface area contributed by atoms with Gasteiger partial charge >= 0.3 is 0 Å². The van der Waals surface area contributed by atoms with Crippen LogP contribution in [0.4, 0.5) is 5.69 Å². The van der Waals surface area contributed by atoms with Gasteiger partial charge in [-0.3, -0.25) is 10.1 Å². The lowest BCUT2D eigenvalue weighted by Crippen LogP contribution is -2.32. The van der Waals surface area contributed by atoms with Crippen LogP contribution in [0, 0.1) is 0 Å². The Morgan fingerprint density at radius 1 is 1.28 bits per heavy atom. The zero-order chi connectivity index (χ0) is 20.5. The second-order valence-electron chi connectivity index (χ2n) is 6.49. The summed E-state index contributed by atoms with van der Waals surface area (Å²) in [6.45, 7) is 1.33. The summed E-state index contributed by atoms with van der Waals surface area (Å²) in [6, 6.07) is 14.9. The van der Waals surface area contributed by atoms with E-state index in [-0.39, 0.29) is 17.1 Å². The van der Waals surface area contributed by atoms with Crippen LogP contribution >= 0.6 is 12.2 Å². The molecule has 1 fully saturated rings. The van der Waals surface area contributed by atoms with E-state index in [1.165, 1.54) is 6.08 Å². The fourth-order valence-electron chi connectivity index (χ4n) is 2.91. The van der Waals surface area contributed by atoms with Crippen LogP contribution < -0.4 is 20.1 Å². The number of ether oxygens (including phenoxy) is 3. The molecule has 29 heavy (non-hydrogen) atoms. The number of anilines is 1. The highest BCUT2D eigenvalue weighted by molar-refractivity contribution is 7.80. The second-order valence-corrected chi connectivity index (χ2v) is 6.90. The summed E-state index contributed by atoms with van der Waals surface area (Å²) in [5.41, 5.74) is 1.54. The van der Waals surface area contributed by atoms with Crippen LogP contribution in [0.25, 0.3) is 6.08 Å². The van der Waals surface area contributed by atoms with Crippen molar-refractivity contribution < 1.29 is 19.0 Å². The van der Waals surface area contributed by atoms with Gasteiger partial charge in [0.15, 0.2) is 5.11 Å². The summed E-state index contributed by atoms with van der Waals surface area (Å²) in [5, 5.41) is 5.82. The molecule has 3 rings (SSSR count). The highest BCUT2D eigenvalue weighted by Crippen LogP contribution is 2.20. The van der Waals surface area contributed by atoms with Crippen LogP contribution in [0.5, 0.6) is 11.5 Å². The maximum absolute atomic E-state index is 12.1. The number of nitrogens with one attached hydrogen (secondary N) is 2. The molecule has 2 aromatic carbocycles. The first-order valence-electron chi connectivity index (χ1n) is 9.41.